The third-order valence-corrected chi connectivity index (χ3v) is 3.31. The molecule has 0 unspecified atom stereocenters. The van der Waals surface area contributed by atoms with Gasteiger partial charge < -0.3 is 9.88 Å². The lowest BCUT2D eigenvalue weighted by molar-refractivity contribution is -0.137. The Bertz CT molecular complexity index is 624. The van der Waals surface area contributed by atoms with Crippen LogP contribution in [0.4, 0.5) is 13.2 Å². The van der Waals surface area contributed by atoms with Crippen molar-refractivity contribution in [3.05, 3.63) is 35.7 Å². The molecule has 3 rings (SSSR count). The molecule has 2 aromatic rings. The molecule has 4 nitrogen and oxygen atoms in total. The topological polar surface area (TPSA) is 42.7 Å². The fraction of sp³-hybridized carbons (Fsp3) is 0.385. The van der Waals surface area contributed by atoms with Crippen LogP contribution in [0.3, 0.4) is 0 Å². The Morgan fingerprint density at radius 3 is 2.71 bits per heavy atom. The molecule has 0 radical (unpaired) electrons. The molecule has 0 saturated carbocycles. The Labute approximate surface area is 125 Å². The molecule has 21 heavy (non-hydrogen) atoms. The van der Waals surface area contributed by atoms with Crippen LogP contribution in [0.5, 0.6) is 0 Å². The molecule has 2 heterocycles. The van der Waals surface area contributed by atoms with Crippen molar-refractivity contribution in [2.75, 3.05) is 13.1 Å². The number of nitrogens with one attached hydrogen (secondary N) is 1. The van der Waals surface area contributed by atoms with E-state index in [0.29, 0.717) is 17.9 Å². The van der Waals surface area contributed by atoms with E-state index in [-0.39, 0.29) is 12.4 Å². The monoisotopic (exact) mass is 318 g/mol. The van der Waals surface area contributed by atoms with E-state index in [1.807, 2.05) is 4.57 Å². The van der Waals surface area contributed by atoms with Gasteiger partial charge in [0.25, 0.3) is 0 Å². The highest BCUT2D eigenvalue weighted by molar-refractivity contribution is 5.85. The maximum absolute atomic E-state index is 12.8. The SMILES string of the molecule is Cl.FC(F)(F)c1cccc(-c2nnc3n2CCNCC3)c1. The second-order valence-corrected chi connectivity index (χ2v) is 4.67. The average Bonchev–Trinajstić information content (AvgIpc) is 2.67. The summed E-state index contributed by atoms with van der Waals surface area (Å²) in [6.07, 6.45) is -3.62. The van der Waals surface area contributed by atoms with Gasteiger partial charge in [-0.2, -0.15) is 13.2 Å². The first-order valence-corrected chi connectivity index (χ1v) is 6.36. The number of rotatable bonds is 1. The Hall–Kier alpha value is -1.60. The van der Waals surface area contributed by atoms with Gasteiger partial charge in [0.05, 0.1) is 5.56 Å². The maximum atomic E-state index is 12.8. The van der Waals surface area contributed by atoms with E-state index in [0.717, 1.165) is 37.5 Å². The summed E-state index contributed by atoms with van der Waals surface area (Å²) in [4.78, 5) is 0. The molecular weight excluding hydrogens is 305 g/mol. The second kappa shape index (κ2) is 6.03. The summed E-state index contributed by atoms with van der Waals surface area (Å²) < 4.78 is 40.2. The molecule has 1 aliphatic heterocycles. The standard InChI is InChI=1S/C13H13F3N4.ClH/c14-13(15,16)10-3-1-2-9(8-10)12-19-18-11-4-5-17-6-7-20(11)12;/h1-3,8,17H,4-7H2;1H. The molecule has 0 aliphatic carbocycles. The van der Waals surface area contributed by atoms with E-state index in [9.17, 15) is 13.2 Å². The van der Waals surface area contributed by atoms with Crippen LogP contribution in [0.25, 0.3) is 11.4 Å². The van der Waals surface area contributed by atoms with Crippen molar-refractivity contribution in [2.45, 2.75) is 19.1 Å². The number of benzene rings is 1. The smallest absolute Gasteiger partial charge is 0.315 e. The predicted molar refractivity (Wildman–Crippen MR) is 74.3 cm³/mol. The first-order chi connectivity index (χ1) is 9.55. The quantitative estimate of drug-likeness (QED) is 0.878. The van der Waals surface area contributed by atoms with Crippen LogP contribution in [0.1, 0.15) is 11.4 Å². The molecule has 1 aromatic heterocycles. The van der Waals surface area contributed by atoms with Crippen LogP contribution < -0.4 is 5.32 Å². The van der Waals surface area contributed by atoms with Crippen LogP contribution in [0.2, 0.25) is 0 Å². The number of halogens is 4. The summed E-state index contributed by atoms with van der Waals surface area (Å²) in [6, 6.07) is 5.21. The lowest BCUT2D eigenvalue weighted by Gasteiger charge is -2.10. The van der Waals surface area contributed by atoms with E-state index < -0.39 is 11.7 Å². The molecule has 8 heteroatoms. The lowest BCUT2D eigenvalue weighted by Crippen LogP contribution is -2.17. The number of hydrogen-bond acceptors (Lipinski definition) is 3. The fourth-order valence-electron chi connectivity index (χ4n) is 2.32. The van der Waals surface area contributed by atoms with Gasteiger partial charge in [0, 0.05) is 31.6 Å². The molecule has 0 spiro atoms. The molecule has 0 fully saturated rings. The zero-order chi connectivity index (χ0) is 14.2. The number of aromatic nitrogens is 3. The largest absolute Gasteiger partial charge is 0.416 e. The first kappa shape index (κ1) is 15.8. The molecule has 114 valence electrons. The summed E-state index contributed by atoms with van der Waals surface area (Å²) in [7, 11) is 0. The molecule has 0 saturated heterocycles. The van der Waals surface area contributed by atoms with Gasteiger partial charge in [-0.05, 0) is 12.1 Å². The minimum atomic E-state index is -4.35. The van der Waals surface area contributed by atoms with E-state index in [4.69, 9.17) is 0 Å². The normalized spacial score (nSPS) is 15.0. The highest BCUT2D eigenvalue weighted by Gasteiger charge is 2.31. The first-order valence-electron chi connectivity index (χ1n) is 6.36. The van der Waals surface area contributed by atoms with Crippen LogP contribution in [0, 0.1) is 0 Å². The van der Waals surface area contributed by atoms with E-state index in [1.165, 1.54) is 6.07 Å². The zero-order valence-electron chi connectivity index (χ0n) is 11.0. The summed E-state index contributed by atoms with van der Waals surface area (Å²) in [5.41, 5.74) is -0.223. The van der Waals surface area contributed by atoms with E-state index >= 15 is 0 Å². The molecule has 1 aromatic carbocycles. The van der Waals surface area contributed by atoms with Crippen molar-refractivity contribution < 1.29 is 13.2 Å². The summed E-state index contributed by atoms with van der Waals surface area (Å²) >= 11 is 0. The summed E-state index contributed by atoms with van der Waals surface area (Å²) in [5.74, 6) is 1.30. The molecule has 1 N–H and O–H groups in total. The van der Waals surface area contributed by atoms with Crippen LogP contribution in [-0.2, 0) is 19.1 Å². The highest BCUT2D eigenvalue weighted by Crippen LogP contribution is 2.31. The summed E-state index contributed by atoms with van der Waals surface area (Å²) in [6.45, 7) is 2.23. The maximum Gasteiger partial charge on any atom is 0.416 e. The van der Waals surface area contributed by atoms with Crippen molar-refractivity contribution in [3.8, 4) is 11.4 Å². The molecular formula is C13H14ClF3N4. The van der Waals surface area contributed by atoms with Crippen molar-refractivity contribution in [1.29, 1.82) is 0 Å². The van der Waals surface area contributed by atoms with Crippen molar-refractivity contribution in [3.63, 3.8) is 0 Å². The average molecular weight is 319 g/mol. The van der Waals surface area contributed by atoms with Gasteiger partial charge in [-0.25, -0.2) is 0 Å². The minimum absolute atomic E-state index is 0. The minimum Gasteiger partial charge on any atom is -0.315 e. The lowest BCUT2D eigenvalue weighted by atomic mass is 10.1. The van der Waals surface area contributed by atoms with Gasteiger partial charge in [-0.15, -0.1) is 22.6 Å². The second-order valence-electron chi connectivity index (χ2n) is 4.67. The van der Waals surface area contributed by atoms with E-state index in [2.05, 4.69) is 15.5 Å². The van der Waals surface area contributed by atoms with Crippen LogP contribution >= 0.6 is 12.4 Å². The van der Waals surface area contributed by atoms with Crippen molar-refractivity contribution >= 4 is 12.4 Å². The third kappa shape index (κ3) is 3.19. The Morgan fingerprint density at radius 1 is 1.14 bits per heavy atom. The Morgan fingerprint density at radius 2 is 1.95 bits per heavy atom. The van der Waals surface area contributed by atoms with Gasteiger partial charge in [0.1, 0.15) is 5.82 Å². The van der Waals surface area contributed by atoms with Crippen molar-refractivity contribution in [2.24, 2.45) is 0 Å². The fourth-order valence-corrected chi connectivity index (χ4v) is 2.32. The van der Waals surface area contributed by atoms with Crippen LogP contribution in [0.15, 0.2) is 24.3 Å². The third-order valence-electron chi connectivity index (χ3n) is 3.31. The van der Waals surface area contributed by atoms with E-state index in [1.54, 1.807) is 6.07 Å². The van der Waals surface area contributed by atoms with Gasteiger partial charge >= 0.3 is 6.18 Å². The Kier molecular flexibility index (Phi) is 4.53. The highest BCUT2D eigenvalue weighted by atomic mass is 35.5. The molecule has 0 bridgehead atoms. The molecule has 0 atom stereocenters. The van der Waals surface area contributed by atoms with Gasteiger partial charge in [-0.1, -0.05) is 12.1 Å². The van der Waals surface area contributed by atoms with Gasteiger partial charge in [0.2, 0.25) is 0 Å². The van der Waals surface area contributed by atoms with Crippen LogP contribution in [-0.4, -0.2) is 27.9 Å². The number of nitrogens with zero attached hydrogens (tertiary/aromatic N) is 3. The Balaban J connectivity index is 0.00000161. The number of fused-ring (bicyclic) bond motifs is 1. The van der Waals surface area contributed by atoms with Gasteiger partial charge in [0.15, 0.2) is 5.82 Å². The van der Waals surface area contributed by atoms with Crippen molar-refractivity contribution in [1.82, 2.24) is 20.1 Å². The predicted octanol–water partition coefficient (Wildman–Crippen LogP) is 2.53. The summed E-state index contributed by atoms with van der Waals surface area (Å²) in [5, 5.41) is 11.4. The molecule has 0 amide bonds. The zero-order valence-corrected chi connectivity index (χ0v) is 11.8. The number of alkyl halides is 3. The molecule has 1 aliphatic rings. The number of hydrogen-bond donors (Lipinski definition) is 1. The van der Waals surface area contributed by atoms with Gasteiger partial charge in [-0.3, -0.25) is 0 Å².